The smallest absolute Gasteiger partial charge is 0.152 e. The van der Waals surface area contributed by atoms with Crippen LogP contribution >= 0.6 is 23.2 Å². The molecule has 0 radical (unpaired) electrons. The highest BCUT2D eigenvalue weighted by Crippen LogP contribution is 2.30. The molecular weight excluding hydrogens is 293 g/mol. The number of hydrogen-bond donors (Lipinski definition) is 1. The molecule has 2 N–H and O–H groups in total. The van der Waals surface area contributed by atoms with Crippen molar-refractivity contribution in [1.29, 1.82) is 0 Å². The summed E-state index contributed by atoms with van der Waals surface area (Å²) in [5.41, 5.74) is 7.98. The fourth-order valence-corrected chi connectivity index (χ4v) is 2.68. The normalized spacial score (nSPS) is 12.8. The van der Waals surface area contributed by atoms with Gasteiger partial charge in [0.2, 0.25) is 0 Å². The van der Waals surface area contributed by atoms with Gasteiger partial charge in [-0.2, -0.15) is 0 Å². The van der Waals surface area contributed by atoms with Crippen LogP contribution in [-0.2, 0) is 6.42 Å². The molecule has 0 saturated carbocycles. The maximum atomic E-state index is 6.21. The van der Waals surface area contributed by atoms with Gasteiger partial charge in [0.25, 0.3) is 0 Å². The van der Waals surface area contributed by atoms with Crippen molar-refractivity contribution in [2.75, 3.05) is 0 Å². The summed E-state index contributed by atoms with van der Waals surface area (Å²) in [6, 6.07) is 15.1. The zero-order valence-electron chi connectivity index (χ0n) is 10.6. The Labute approximate surface area is 127 Å². The van der Waals surface area contributed by atoms with Crippen molar-refractivity contribution in [3.8, 4) is 0 Å². The average Bonchev–Trinajstić information content (AvgIpc) is 2.84. The predicted octanol–water partition coefficient (Wildman–Crippen LogP) is 4.98. The summed E-state index contributed by atoms with van der Waals surface area (Å²) >= 11 is 12.1. The minimum atomic E-state index is -0.225. The number of rotatable bonds is 3. The number of hydrogen-bond acceptors (Lipinski definition) is 2. The second-order valence-corrected chi connectivity index (χ2v) is 5.59. The molecule has 0 aliphatic heterocycles. The highest BCUT2D eigenvalue weighted by atomic mass is 35.5. The molecule has 1 heterocycles. The Morgan fingerprint density at radius 3 is 2.60 bits per heavy atom. The Morgan fingerprint density at radius 2 is 1.85 bits per heavy atom. The lowest BCUT2D eigenvalue weighted by molar-refractivity contribution is 0.494. The molecule has 20 heavy (non-hydrogen) atoms. The van der Waals surface area contributed by atoms with Crippen LogP contribution < -0.4 is 5.73 Å². The van der Waals surface area contributed by atoms with Gasteiger partial charge in [-0.05, 0) is 36.2 Å². The van der Waals surface area contributed by atoms with Gasteiger partial charge in [0.1, 0.15) is 5.76 Å². The van der Waals surface area contributed by atoms with Gasteiger partial charge in [-0.3, -0.25) is 0 Å². The Hall–Kier alpha value is -1.48. The Morgan fingerprint density at radius 1 is 1.05 bits per heavy atom. The van der Waals surface area contributed by atoms with E-state index >= 15 is 0 Å². The monoisotopic (exact) mass is 305 g/mol. The highest BCUT2D eigenvalue weighted by Gasteiger charge is 2.14. The van der Waals surface area contributed by atoms with E-state index in [1.165, 1.54) is 0 Å². The van der Waals surface area contributed by atoms with Gasteiger partial charge in [-0.1, -0.05) is 47.5 Å². The first-order valence-electron chi connectivity index (χ1n) is 6.31. The summed E-state index contributed by atoms with van der Waals surface area (Å²) in [6.45, 7) is 0. The van der Waals surface area contributed by atoms with Gasteiger partial charge < -0.3 is 10.2 Å². The van der Waals surface area contributed by atoms with Crippen molar-refractivity contribution in [3.05, 3.63) is 69.9 Å². The van der Waals surface area contributed by atoms with Crippen LogP contribution in [0.25, 0.3) is 11.0 Å². The molecule has 2 nitrogen and oxygen atoms in total. The standard InChI is InChI=1S/C16H13Cl2NO/c17-12-5-1-3-10(7-12)8-14(19)15-9-11-4-2-6-13(18)16(11)20-15/h1-7,9,14H,8,19H2. The lowest BCUT2D eigenvalue weighted by Crippen LogP contribution is -2.12. The summed E-state index contributed by atoms with van der Waals surface area (Å²) in [6.07, 6.45) is 0.665. The summed E-state index contributed by atoms with van der Waals surface area (Å²) in [5, 5.41) is 2.28. The summed E-state index contributed by atoms with van der Waals surface area (Å²) < 4.78 is 5.77. The van der Waals surface area contributed by atoms with E-state index in [4.69, 9.17) is 33.4 Å². The topological polar surface area (TPSA) is 39.2 Å². The molecule has 0 fully saturated rings. The van der Waals surface area contributed by atoms with Gasteiger partial charge in [-0.15, -0.1) is 0 Å². The van der Waals surface area contributed by atoms with Crippen LogP contribution in [-0.4, -0.2) is 0 Å². The Kier molecular flexibility index (Phi) is 3.70. The maximum absolute atomic E-state index is 6.21. The van der Waals surface area contributed by atoms with Crippen LogP contribution in [0.4, 0.5) is 0 Å². The van der Waals surface area contributed by atoms with E-state index in [9.17, 15) is 0 Å². The second kappa shape index (κ2) is 5.49. The third-order valence-corrected chi connectivity index (χ3v) is 3.76. The van der Waals surface area contributed by atoms with E-state index < -0.39 is 0 Å². The van der Waals surface area contributed by atoms with Gasteiger partial charge in [0.15, 0.2) is 5.58 Å². The van der Waals surface area contributed by atoms with Crippen molar-refractivity contribution in [3.63, 3.8) is 0 Å². The fourth-order valence-electron chi connectivity index (χ4n) is 2.25. The van der Waals surface area contributed by atoms with Gasteiger partial charge in [-0.25, -0.2) is 0 Å². The molecule has 1 atom stereocenters. The Bertz CT molecular complexity index is 751. The molecule has 102 valence electrons. The van der Waals surface area contributed by atoms with Crippen molar-refractivity contribution in [2.24, 2.45) is 5.73 Å². The van der Waals surface area contributed by atoms with E-state index in [1.807, 2.05) is 42.5 Å². The number of furan rings is 1. The van der Waals surface area contributed by atoms with E-state index in [1.54, 1.807) is 6.07 Å². The molecule has 0 saturated heterocycles. The molecule has 0 amide bonds. The third-order valence-electron chi connectivity index (χ3n) is 3.23. The molecule has 2 aromatic carbocycles. The molecule has 4 heteroatoms. The number of nitrogens with two attached hydrogens (primary N) is 1. The van der Waals surface area contributed by atoms with Gasteiger partial charge >= 0.3 is 0 Å². The van der Waals surface area contributed by atoms with Crippen molar-refractivity contribution in [2.45, 2.75) is 12.5 Å². The lowest BCUT2D eigenvalue weighted by atomic mass is 10.0. The molecule has 0 bridgehead atoms. The zero-order chi connectivity index (χ0) is 14.1. The first-order chi connectivity index (χ1) is 9.63. The minimum Gasteiger partial charge on any atom is -0.458 e. The zero-order valence-corrected chi connectivity index (χ0v) is 12.2. The molecule has 1 aromatic heterocycles. The quantitative estimate of drug-likeness (QED) is 0.741. The predicted molar refractivity (Wildman–Crippen MR) is 83.3 cm³/mol. The number of fused-ring (bicyclic) bond motifs is 1. The highest BCUT2D eigenvalue weighted by molar-refractivity contribution is 6.34. The molecule has 0 spiro atoms. The summed E-state index contributed by atoms with van der Waals surface area (Å²) in [5.74, 6) is 0.730. The van der Waals surface area contributed by atoms with Gasteiger partial charge in [0, 0.05) is 10.4 Å². The molecule has 3 aromatic rings. The molecular formula is C16H13Cl2NO. The van der Waals surface area contributed by atoms with E-state index in [0.717, 1.165) is 16.7 Å². The molecule has 0 aliphatic carbocycles. The van der Waals surface area contributed by atoms with Crippen LogP contribution in [0, 0.1) is 0 Å². The van der Waals surface area contributed by atoms with Crippen molar-refractivity contribution < 1.29 is 4.42 Å². The Balaban J connectivity index is 1.89. The first kappa shape index (κ1) is 13.5. The maximum Gasteiger partial charge on any atom is 0.152 e. The average molecular weight is 306 g/mol. The number of halogens is 2. The fraction of sp³-hybridized carbons (Fsp3) is 0.125. The molecule has 3 rings (SSSR count). The van der Waals surface area contributed by atoms with Crippen LogP contribution in [0.3, 0.4) is 0 Å². The lowest BCUT2D eigenvalue weighted by Gasteiger charge is -2.08. The van der Waals surface area contributed by atoms with Crippen molar-refractivity contribution >= 4 is 34.2 Å². The number of benzene rings is 2. The van der Waals surface area contributed by atoms with E-state index in [0.29, 0.717) is 22.0 Å². The summed E-state index contributed by atoms with van der Waals surface area (Å²) in [7, 11) is 0. The third kappa shape index (κ3) is 2.68. The number of para-hydroxylation sites is 1. The van der Waals surface area contributed by atoms with E-state index in [-0.39, 0.29) is 6.04 Å². The molecule has 0 aliphatic rings. The van der Waals surface area contributed by atoms with E-state index in [2.05, 4.69) is 0 Å². The van der Waals surface area contributed by atoms with Crippen LogP contribution in [0.1, 0.15) is 17.4 Å². The summed E-state index contributed by atoms with van der Waals surface area (Å²) in [4.78, 5) is 0. The van der Waals surface area contributed by atoms with Crippen molar-refractivity contribution in [1.82, 2.24) is 0 Å². The SMILES string of the molecule is NC(Cc1cccc(Cl)c1)c1cc2cccc(Cl)c2o1. The van der Waals surface area contributed by atoms with Crippen LogP contribution in [0.2, 0.25) is 10.0 Å². The van der Waals surface area contributed by atoms with Crippen LogP contribution in [0.5, 0.6) is 0 Å². The largest absolute Gasteiger partial charge is 0.458 e. The second-order valence-electron chi connectivity index (χ2n) is 4.75. The van der Waals surface area contributed by atoms with Crippen LogP contribution in [0.15, 0.2) is 52.9 Å². The molecule has 1 unspecified atom stereocenters. The first-order valence-corrected chi connectivity index (χ1v) is 7.07. The van der Waals surface area contributed by atoms with Gasteiger partial charge in [0.05, 0.1) is 11.1 Å². The minimum absolute atomic E-state index is 0.225.